The molecular formula is C11H20ClNO3. The minimum Gasteiger partial charge on any atom is -0.468 e. The molecule has 0 heterocycles. The van der Waals surface area contributed by atoms with Gasteiger partial charge in [-0.15, -0.1) is 11.6 Å². The molecule has 0 aliphatic carbocycles. The maximum atomic E-state index is 11.5. The van der Waals surface area contributed by atoms with E-state index < -0.39 is 5.97 Å². The third kappa shape index (κ3) is 5.35. The highest BCUT2D eigenvalue weighted by atomic mass is 35.5. The summed E-state index contributed by atoms with van der Waals surface area (Å²) in [5, 5.41) is 0. The van der Waals surface area contributed by atoms with Crippen molar-refractivity contribution in [3.05, 3.63) is 0 Å². The van der Waals surface area contributed by atoms with Gasteiger partial charge in [-0.05, 0) is 5.92 Å². The van der Waals surface area contributed by atoms with Crippen LogP contribution in [0.15, 0.2) is 0 Å². The number of carbonyl (C=O) groups is 2. The summed E-state index contributed by atoms with van der Waals surface area (Å²) in [7, 11) is 1.31. The average Bonchev–Trinajstić information content (AvgIpc) is 2.32. The lowest BCUT2D eigenvalue weighted by Gasteiger charge is -2.24. The number of methoxy groups -OCH3 is 1. The van der Waals surface area contributed by atoms with Crippen LogP contribution in [0.5, 0.6) is 0 Å². The Labute approximate surface area is 102 Å². The van der Waals surface area contributed by atoms with E-state index in [9.17, 15) is 9.59 Å². The lowest BCUT2D eigenvalue weighted by Crippen LogP contribution is -2.40. The fraction of sp³-hybridized carbons (Fsp3) is 0.818. The molecule has 0 aliphatic rings. The molecule has 16 heavy (non-hydrogen) atoms. The van der Waals surface area contributed by atoms with Gasteiger partial charge in [-0.2, -0.15) is 0 Å². The van der Waals surface area contributed by atoms with E-state index in [1.807, 2.05) is 0 Å². The lowest BCUT2D eigenvalue weighted by molar-refractivity contribution is -0.146. The molecule has 0 aromatic carbocycles. The average molecular weight is 250 g/mol. The Hall–Kier alpha value is -0.770. The van der Waals surface area contributed by atoms with Crippen LogP contribution in [0.3, 0.4) is 0 Å². The highest BCUT2D eigenvalue weighted by molar-refractivity contribution is 6.27. The smallest absolute Gasteiger partial charge is 0.325 e. The highest BCUT2D eigenvalue weighted by Crippen LogP contribution is 2.10. The van der Waals surface area contributed by atoms with Crippen LogP contribution in [-0.4, -0.2) is 42.9 Å². The number of alkyl halides is 1. The van der Waals surface area contributed by atoms with Gasteiger partial charge in [0.15, 0.2) is 0 Å². The van der Waals surface area contributed by atoms with Gasteiger partial charge in [-0.25, -0.2) is 0 Å². The second-order valence-electron chi connectivity index (χ2n) is 3.67. The van der Waals surface area contributed by atoms with E-state index in [0.29, 0.717) is 12.5 Å². The number of esters is 1. The van der Waals surface area contributed by atoms with Gasteiger partial charge in [0, 0.05) is 6.54 Å². The Bertz CT molecular complexity index is 229. The molecular weight excluding hydrogens is 230 g/mol. The van der Waals surface area contributed by atoms with Crippen molar-refractivity contribution in [2.45, 2.75) is 26.7 Å². The molecule has 0 aromatic heterocycles. The first kappa shape index (κ1) is 15.2. The Morgan fingerprint density at radius 3 is 2.25 bits per heavy atom. The maximum Gasteiger partial charge on any atom is 0.325 e. The summed E-state index contributed by atoms with van der Waals surface area (Å²) in [4.78, 5) is 24.1. The minimum atomic E-state index is -0.413. The summed E-state index contributed by atoms with van der Waals surface area (Å²) in [6.45, 7) is 4.68. The Morgan fingerprint density at radius 1 is 1.31 bits per heavy atom. The molecule has 0 aromatic rings. The number of ether oxygens (including phenoxy) is 1. The molecule has 0 radical (unpaired) electrons. The first-order valence-corrected chi connectivity index (χ1v) is 6.02. The van der Waals surface area contributed by atoms with E-state index >= 15 is 0 Å². The number of rotatable bonds is 7. The quantitative estimate of drug-likeness (QED) is 0.509. The number of nitrogens with zero attached hydrogens (tertiary/aromatic N) is 1. The first-order chi connectivity index (χ1) is 7.58. The Kier molecular flexibility index (Phi) is 7.99. The van der Waals surface area contributed by atoms with Crippen LogP contribution in [0.4, 0.5) is 0 Å². The van der Waals surface area contributed by atoms with Gasteiger partial charge in [0.05, 0.1) is 7.11 Å². The summed E-state index contributed by atoms with van der Waals surface area (Å²) < 4.78 is 4.55. The van der Waals surface area contributed by atoms with Gasteiger partial charge in [-0.1, -0.05) is 26.7 Å². The van der Waals surface area contributed by atoms with Gasteiger partial charge in [0.1, 0.15) is 12.4 Å². The zero-order valence-electron chi connectivity index (χ0n) is 10.2. The number of hydrogen-bond acceptors (Lipinski definition) is 3. The monoisotopic (exact) mass is 249 g/mol. The van der Waals surface area contributed by atoms with Gasteiger partial charge >= 0.3 is 5.97 Å². The molecule has 5 heteroatoms. The van der Waals surface area contributed by atoms with Crippen LogP contribution in [0.25, 0.3) is 0 Å². The summed E-state index contributed by atoms with van der Waals surface area (Å²) >= 11 is 5.50. The van der Waals surface area contributed by atoms with Gasteiger partial charge in [-0.3, -0.25) is 9.59 Å². The molecule has 0 N–H and O–H groups in total. The number of amides is 1. The van der Waals surface area contributed by atoms with Crippen LogP contribution >= 0.6 is 11.6 Å². The van der Waals surface area contributed by atoms with E-state index in [0.717, 1.165) is 12.8 Å². The zero-order valence-corrected chi connectivity index (χ0v) is 10.9. The highest BCUT2D eigenvalue weighted by Gasteiger charge is 2.19. The van der Waals surface area contributed by atoms with E-state index in [1.54, 1.807) is 0 Å². The second-order valence-corrected chi connectivity index (χ2v) is 3.93. The largest absolute Gasteiger partial charge is 0.468 e. The fourth-order valence-electron chi connectivity index (χ4n) is 1.42. The number of halogens is 1. The Balaban J connectivity index is 4.42. The number of hydrogen-bond donors (Lipinski definition) is 0. The topological polar surface area (TPSA) is 46.6 Å². The van der Waals surface area contributed by atoms with Crippen molar-refractivity contribution in [1.82, 2.24) is 4.90 Å². The van der Waals surface area contributed by atoms with Gasteiger partial charge in [0.2, 0.25) is 5.91 Å². The third-order valence-corrected chi connectivity index (χ3v) is 2.88. The zero-order chi connectivity index (χ0) is 12.6. The SMILES string of the molecule is CCC(CC)CN(CC(=O)OC)C(=O)CCl. The van der Waals surface area contributed by atoms with Crippen LogP contribution in [-0.2, 0) is 14.3 Å². The van der Waals surface area contributed by atoms with Crippen molar-refractivity contribution in [3.63, 3.8) is 0 Å². The standard InChI is InChI=1S/C11H20ClNO3/c1-4-9(5-2)7-13(10(14)6-12)8-11(15)16-3/h9H,4-8H2,1-3H3. The molecule has 0 spiro atoms. The van der Waals surface area contributed by atoms with Gasteiger partial charge < -0.3 is 9.64 Å². The molecule has 94 valence electrons. The molecule has 0 saturated carbocycles. The lowest BCUT2D eigenvalue weighted by atomic mass is 10.0. The van der Waals surface area contributed by atoms with Crippen LogP contribution in [0, 0.1) is 5.92 Å². The van der Waals surface area contributed by atoms with E-state index in [-0.39, 0.29) is 18.3 Å². The predicted octanol–water partition coefficient (Wildman–Crippen LogP) is 1.66. The van der Waals surface area contributed by atoms with Crippen molar-refractivity contribution < 1.29 is 14.3 Å². The van der Waals surface area contributed by atoms with Crippen molar-refractivity contribution in [1.29, 1.82) is 0 Å². The van der Waals surface area contributed by atoms with E-state index in [2.05, 4.69) is 18.6 Å². The summed E-state index contributed by atoms with van der Waals surface area (Å²) in [6, 6.07) is 0. The maximum absolute atomic E-state index is 11.5. The van der Waals surface area contributed by atoms with Crippen molar-refractivity contribution >= 4 is 23.5 Å². The molecule has 0 rings (SSSR count). The Morgan fingerprint density at radius 2 is 1.88 bits per heavy atom. The summed E-state index contributed by atoms with van der Waals surface area (Å²) in [5.41, 5.74) is 0. The summed E-state index contributed by atoms with van der Waals surface area (Å²) in [6.07, 6.45) is 1.95. The van der Waals surface area contributed by atoms with Crippen molar-refractivity contribution in [2.75, 3.05) is 26.1 Å². The molecule has 0 atom stereocenters. The predicted molar refractivity (Wildman–Crippen MR) is 63.4 cm³/mol. The molecule has 0 bridgehead atoms. The summed E-state index contributed by atoms with van der Waals surface area (Å²) in [5.74, 6) is -0.336. The van der Waals surface area contributed by atoms with E-state index in [1.165, 1.54) is 12.0 Å². The third-order valence-electron chi connectivity index (χ3n) is 2.65. The van der Waals surface area contributed by atoms with Crippen LogP contribution in [0.1, 0.15) is 26.7 Å². The van der Waals surface area contributed by atoms with Crippen molar-refractivity contribution in [2.24, 2.45) is 5.92 Å². The van der Waals surface area contributed by atoms with Crippen molar-refractivity contribution in [3.8, 4) is 0 Å². The van der Waals surface area contributed by atoms with Crippen LogP contribution < -0.4 is 0 Å². The van der Waals surface area contributed by atoms with E-state index in [4.69, 9.17) is 11.6 Å². The normalized spacial score (nSPS) is 10.3. The van der Waals surface area contributed by atoms with Crippen LogP contribution in [0.2, 0.25) is 0 Å². The molecule has 0 saturated heterocycles. The fourth-order valence-corrected chi connectivity index (χ4v) is 1.59. The molecule has 4 nitrogen and oxygen atoms in total. The minimum absolute atomic E-state index is 0.0153. The second kappa shape index (κ2) is 8.39. The molecule has 0 unspecified atom stereocenters. The van der Waals surface area contributed by atoms with Gasteiger partial charge in [0.25, 0.3) is 0 Å². The molecule has 0 fully saturated rings. The molecule has 1 amide bonds. The first-order valence-electron chi connectivity index (χ1n) is 5.49. The molecule has 0 aliphatic heterocycles. The number of carbonyl (C=O) groups excluding carboxylic acids is 2.